The fourth-order valence-corrected chi connectivity index (χ4v) is 2.75. The minimum Gasteiger partial charge on any atom is -0.369 e. The summed E-state index contributed by atoms with van der Waals surface area (Å²) in [5.74, 6) is -0.474. The second-order valence-corrected chi connectivity index (χ2v) is 5.82. The predicted octanol–water partition coefficient (Wildman–Crippen LogP) is 1.15. The average molecular weight is 310 g/mol. The maximum Gasteiger partial charge on any atom is 0.234 e. The van der Waals surface area contributed by atoms with Crippen molar-refractivity contribution in [3.63, 3.8) is 0 Å². The molecule has 114 valence electrons. The van der Waals surface area contributed by atoms with Crippen LogP contribution in [-0.4, -0.2) is 36.3 Å². The third kappa shape index (κ3) is 5.02. The van der Waals surface area contributed by atoms with Crippen LogP contribution >= 0.6 is 11.6 Å². The summed E-state index contributed by atoms with van der Waals surface area (Å²) in [6.45, 7) is 2.14. The number of amides is 2. The Morgan fingerprint density at radius 2 is 2.24 bits per heavy atom. The van der Waals surface area contributed by atoms with Crippen LogP contribution in [0.25, 0.3) is 0 Å². The summed E-state index contributed by atoms with van der Waals surface area (Å²) in [6, 6.07) is 7.39. The van der Waals surface area contributed by atoms with E-state index >= 15 is 0 Å². The Morgan fingerprint density at radius 3 is 2.95 bits per heavy atom. The van der Waals surface area contributed by atoms with Crippen LogP contribution in [0.1, 0.15) is 18.4 Å². The van der Waals surface area contributed by atoms with Gasteiger partial charge in [-0.1, -0.05) is 23.7 Å². The molecule has 1 unspecified atom stereocenters. The number of piperidine rings is 1. The molecule has 5 nitrogen and oxygen atoms in total. The fourth-order valence-electron chi connectivity index (χ4n) is 2.54. The maximum atomic E-state index is 11.9. The Morgan fingerprint density at radius 1 is 1.43 bits per heavy atom. The molecular formula is C15H20ClN3O2. The Bertz CT molecular complexity index is 521. The molecule has 1 saturated heterocycles. The molecule has 0 radical (unpaired) electrons. The van der Waals surface area contributed by atoms with E-state index in [0.29, 0.717) is 24.7 Å². The Labute approximate surface area is 129 Å². The number of benzene rings is 1. The molecule has 2 amide bonds. The fraction of sp³-hybridized carbons (Fsp3) is 0.467. The van der Waals surface area contributed by atoms with Gasteiger partial charge in [0, 0.05) is 18.1 Å². The molecule has 6 heteroatoms. The van der Waals surface area contributed by atoms with Gasteiger partial charge >= 0.3 is 0 Å². The summed E-state index contributed by atoms with van der Waals surface area (Å²) in [5.41, 5.74) is 6.29. The van der Waals surface area contributed by atoms with Gasteiger partial charge in [0.15, 0.2) is 0 Å². The van der Waals surface area contributed by atoms with Crippen molar-refractivity contribution in [3.8, 4) is 0 Å². The summed E-state index contributed by atoms with van der Waals surface area (Å²) < 4.78 is 0. The quantitative estimate of drug-likeness (QED) is 0.857. The number of hydrogen-bond acceptors (Lipinski definition) is 3. The van der Waals surface area contributed by atoms with Gasteiger partial charge in [0.25, 0.3) is 0 Å². The van der Waals surface area contributed by atoms with Crippen LogP contribution in [0.4, 0.5) is 0 Å². The van der Waals surface area contributed by atoms with Gasteiger partial charge in [-0.3, -0.25) is 14.5 Å². The second kappa shape index (κ2) is 7.43. The molecule has 3 N–H and O–H groups in total. The highest BCUT2D eigenvalue weighted by atomic mass is 35.5. The molecular weight excluding hydrogens is 290 g/mol. The number of nitrogens with two attached hydrogens (primary N) is 1. The van der Waals surface area contributed by atoms with Crippen molar-refractivity contribution in [1.82, 2.24) is 10.2 Å². The first-order valence-electron chi connectivity index (χ1n) is 7.07. The molecule has 1 aromatic carbocycles. The van der Waals surface area contributed by atoms with E-state index in [0.717, 1.165) is 24.9 Å². The standard InChI is InChI=1S/C15H20ClN3O2/c16-13-5-1-3-11(7-13)8-18-14(20)10-19-6-2-4-12(9-19)15(17)21/h1,3,5,7,12H,2,4,6,8-10H2,(H2,17,21)(H,18,20). The Hall–Kier alpha value is -1.59. The van der Waals surface area contributed by atoms with E-state index in [-0.39, 0.29) is 17.7 Å². The number of carbonyl (C=O) groups is 2. The van der Waals surface area contributed by atoms with Crippen LogP contribution in [0.2, 0.25) is 5.02 Å². The summed E-state index contributed by atoms with van der Waals surface area (Å²) in [4.78, 5) is 25.1. The molecule has 0 aromatic heterocycles. The first-order valence-corrected chi connectivity index (χ1v) is 7.45. The van der Waals surface area contributed by atoms with Gasteiger partial charge < -0.3 is 11.1 Å². The van der Waals surface area contributed by atoms with Crippen LogP contribution in [0.3, 0.4) is 0 Å². The first-order chi connectivity index (χ1) is 10.0. The normalized spacial score (nSPS) is 19.2. The molecule has 0 aliphatic carbocycles. The molecule has 1 fully saturated rings. The van der Waals surface area contributed by atoms with E-state index in [4.69, 9.17) is 17.3 Å². The van der Waals surface area contributed by atoms with Gasteiger partial charge in [0.1, 0.15) is 0 Å². The van der Waals surface area contributed by atoms with E-state index in [1.165, 1.54) is 0 Å². The molecule has 0 saturated carbocycles. The van der Waals surface area contributed by atoms with Crippen molar-refractivity contribution in [2.45, 2.75) is 19.4 Å². The van der Waals surface area contributed by atoms with Gasteiger partial charge in [-0.25, -0.2) is 0 Å². The molecule has 0 spiro atoms. The zero-order chi connectivity index (χ0) is 15.2. The van der Waals surface area contributed by atoms with E-state index in [1.807, 2.05) is 23.1 Å². The molecule has 1 heterocycles. The molecule has 2 rings (SSSR count). The van der Waals surface area contributed by atoms with Crippen LogP contribution in [0, 0.1) is 5.92 Å². The monoisotopic (exact) mass is 309 g/mol. The number of nitrogens with zero attached hydrogens (tertiary/aromatic N) is 1. The van der Waals surface area contributed by atoms with Crippen molar-refractivity contribution in [3.05, 3.63) is 34.9 Å². The third-order valence-corrected chi connectivity index (χ3v) is 3.89. The van der Waals surface area contributed by atoms with E-state index in [1.54, 1.807) is 6.07 Å². The van der Waals surface area contributed by atoms with Gasteiger partial charge in [-0.05, 0) is 37.1 Å². The number of carbonyl (C=O) groups excluding carboxylic acids is 2. The van der Waals surface area contributed by atoms with E-state index in [2.05, 4.69) is 5.32 Å². The molecule has 1 aliphatic rings. The first kappa shape index (κ1) is 15.8. The average Bonchev–Trinajstić information content (AvgIpc) is 2.45. The largest absolute Gasteiger partial charge is 0.369 e. The number of nitrogens with one attached hydrogen (secondary N) is 1. The molecule has 0 bridgehead atoms. The van der Waals surface area contributed by atoms with Gasteiger partial charge in [0.2, 0.25) is 11.8 Å². The number of primary amides is 1. The predicted molar refractivity (Wildman–Crippen MR) is 81.7 cm³/mol. The van der Waals surface area contributed by atoms with Crippen molar-refractivity contribution >= 4 is 23.4 Å². The molecule has 1 aromatic rings. The lowest BCUT2D eigenvalue weighted by molar-refractivity contribution is -0.126. The lowest BCUT2D eigenvalue weighted by Crippen LogP contribution is -2.45. The van der Waals surface area contributed by atoms with Gasteiger partial charge in [-0.2, -0.15) is 0 Å². The lowest BCUT2D eigenvalue weighted by Gasteiger charge is -2.30. The van der Waals surface area contributed by atoms with E-state index < -0.39 is 0 Å². The van der Waals surface area contributed by atoms with Crippen molar-refractivity contribution in [2.24, 2.45) is 11.7 Å². The highest BCUT2D eigenvalue weighted by Crippen LogP contribution is 2.15. The highest BCUT2D eigenvalue weighted by Gasteiger charge is 2.24. The number of rotatable bonds is 5. The van der Waals surface area contributed by atoms with Gasteiger partial charge in [0.05, 0.1) is 12.5 Å². The number of hydrogen-bond donors (Lipinski definition) is 2. The summed E-state index contributed by atoms with van der Waals surface area (Å²) >= 11 is 5.90. The van der Waals surface area contributed by atoms with Crippen LogP contribution in [0.5, 0.6) is 0 Å². The smallest absolute Gasteiger partial charge is 0.234 e. The topological polar surface area (TPSA) is 75.4 Å². The van der Waals surface area contributed by atoms with Crippen LogP contribution < -0.4 is 11.1 Å². The Balaban J connectivity index is 1.78. The van der Waals surface area contributed by atoms with Crippen LogP contribution in [0.15, 0.2) is 24.3 Å². The summed E-state index contributed by atoms with van der Waals surface area (Å²) in [7, 11) is 0. The highest BCUT2D eigenvalue weighted by molar-refractivity contribution is 6.30. The van der Waals surface area contributed by atoms with Crippen molar-refractivity contribution in [2.75, 3.05) is 19.6 Å². The third-order valence-electron chi connectivity index (χ3n) is 3.65. The Kier molecular flexibility index (Phi) is 5.59. The lowest BCUT2D eigenvalue weighted by atomic mass is 9.97. The second-order valence-electron chi connectivity index (χ2n) is 5.38. The molecule has 1 atom stereocenters. The maximum absolute atomic E-state index is 11.9. The summed E-state index contributed by atoms with van der Waals surface area (Å²) in [5, 5.41) is 3.52. The van der Waals surface area contributed by atoms with Crippen molar-refractivity contribution < 1.29 is 9.59 Å². The summed E-state index contributed by atoms with van der Waals surface area (Å²) in [6.07, 6.45) is 1.71. The van der Waals surface area contributed by atoms with Gasteiger partial charge in [-0.15, -0.1) is 0 Å². The minimum absolute atomic E-state index is 0.0555. The zero-order valence-corrected chi connectivity index (χ0v) is 12.6. The molecule has 1 aliphatic heterocycles. The van der Waals surface area contributed by atoms with E-state index in [9.17, 15) is 9.59 Å². The number of likely N-dealkylation sites (tertiary alicyclic amines) is 1. The zero-order valence-electron chi connectivity index (χ0n) is 11.8. The van der Waals surface area contributed by atoms with Crippen molar-refractivity contribution in [1.29, 1.82) is 0 Å². The number of halogens is 1. The van der Waals surface area contributed by atoms with Crippen LogP contribution in [-0.2, 0) is 16.1 Å². The SMILES string of the molecule is NC(=O)C1CCCN(CC(=O)NCc2cccc(Cl)c2)C1. The minimum atomic E-state index is -0.279. The molecule has 21 heavy (non-hydrogen) atoms.